The first-order chi connectivity index (χ1) is 12.0. The summed E-state index contributed by atoms with van der Waals surface area (Å²) in [7, 11) is 3.67. The number of nitrogens with zero attached hydrogens (tertiary/aromatic N) is 5. The number of fused-ring (bicyclic) bond motifs is 1. The van der Waals surface area contributed by atoms with Crippen molar-refractivity contribution in [3.63, 3.8) is 0 Å². The Labute approximate surface area is 143 Å². The Hall–Kier alpha value is -2.97. The molecule has 0 unspecified atom stereocenters. The van der Waals surface area contributed by atoms with E-state index in [-0.39, 0.29) is 17.6 Å². The molecule has 25 heavy (non-hydrogen) atoms. The maximum absolute atomic E-state index is 12.8. The highest BCUT2D eigenvalue weighted by Gasteiger charge is 2.47. The molecule has 2 aliphatic rings. The van der Waals surface area contributed by atoms with Gasteiger partial charge in [0.1, 0.15) is 5.54 Å². The number of rotatable bonds is 1. The van der Waals surface area contributed by atoms with Crippen molar-refractivity contribution in [1.82, 2.24) is 25.3 Å². The van der Waals surface area contributed by atoms with Gasteiger partial charge >= 0.3 is 0 Å². The summed E-state index contributed by atoms with van der Waals surface area (Å²) in [6, 6.07) is 3.50. The number of likely N-dealkylation sites (tertiary alicyclic amines) is 1. The van der Waals surface area contributed by atoms with Gasteiger partial charge in [-0.15, -0.1) is 0 Å². The van der Waals surface area contributed by atoms with Gasteiger partial charge < -0.3 is 14.3 Å². The quantitative estimate of drug-likeness (QED) is 0.796. The Bertz CT molecular complexity index is 879. The van der Waals surface area contributed by atoms with Crippen LogP contribution in [0.25, 0.3) is 11.0 Å². The first-order valence-corrected chi connectivity index (χ1v) is 8.08. The molecule has 0 aromatic carbocycles. The van der Waals surface area contributed by atoms with Crippen molar-refractivity contribution in [2.75, 3.05) is 27.2 Å². The molecule has 0 radical (unpaired) electrons. The number of amides is 2. The smallest absolute Gasteiger partial charge is 0.293 e. The summed E-state index contributed by atoms with van der Waals surface area (Å²) in [6.07, 6.45) is 2.56. The van der Waals surface area contributed by atoms with Crippen LogP contribution in [0.4, 0.5) is 0 Å². The SMILES string of the molecule is CN(C)C1=NC2(CCN(C(=O)c3onc4ncccc34)CC2)C(=O)N1. The van der Waals surface area contributed by atoms with Crippen LogP contribution in [0.2, 0.25) is 0 Å². The highest BCUT2D eigenvalue weighted by molar-refractivity contribution is 6.07. The first kappa shape index (κ1) is 15.6. The number of guanidine groups is 1. The molecule has 1 N–H and O–H groups in total. The van der Waals surface area contributed by atoms with Crippen molar-refractivity contribution in [3.8, 4) is 0 Å². The zero-order valence-corrected chi connectivity index (χ0v) is 14.0. The molecule has 1 spiro atoms. The summed E-state index contributed by atoms with van der Waals surface area (Å²) in [5, 5.41) is 7.22. The molecule has 2 aromatic heterocycles. The molecule has 4 heterocycles. The molecule has 1 saturated heterocycles. The number of piperidine rings is 1. The van der Waals surface area contributed by atoms with Gasteiger partial charge in [-0.25, -0.2) is 9.98 Å². The molecule has 2 aromatic rings. The number of aliphatic imine (C=N–C) groups is 1. The van der Waals surface area contributed by atoms with Crippen LogP contribution in [-0.2, 0) is 4.79 Å². The van der Waals surface area contributed by atoms with Gasteiger partial charge in [-0.1, -0.05) is 5.16 Å². The van der Waals surface area contributed by atoms with E-state index in [4.69, 9.17) is 4.52 Å². The lowest BCUT2D eigenvalue weighted by Crippen LogP contribution is -2.50. The van der Waals surface area contributed by atoms with Gasteiger partial charge in [0.15, 0.2) is 0 Å². The van der Waals surface area contributed by atoms with E-state index in [1.54, 1.807) is 28.1 Å². The summed E-state index contributed by atoms with van der Waals surface area (Å²) in [4.78, 5) is 37.2. The molecule has 0 atom stereocenters. The number of hydrogen-bond donors (Lipinski definition) is 1. The Morgan fingerprint density at radius 1 is 1.36 bits per heavy atom. The van der Waals surface area contributed by atoms with Crippen LogP contribution >= 0.6 is 0 Å². The molecule has 2 amide bonds. The van der Waals surface area contributed by atoms with Gasteiger partial charge in [-0.05, 0) is 25.0 Å². The van der Waals surface area contributed by atoms with Crippen molar-refractivity contribution < 1.29 is 14.1 Å². The monoisotopic (exact) mass is 342 g/mol. The third kappa shape index (κ3) is 2.43. The third-order valence-electron chi connectivity index (χ3n) is 4.72. The summed E-state index contributed by atoms with van der Waals surface area (Å²) in [6.45, 7) is 0.859. The number of carbonyl (C=O) groups excluding carboxylic acids is 2. The van der Waals surface area contributed by atoms with Gasteiger partial charge in [0.05, 0.1) is 5.39 Å². The summed E-state index contributed by atoms with van der Waals surface area (Å²) in [5.74, 6) is 0.419. The second-order valence-corrected chi connectivity index (χ2v) is 6.49. The highest BCUT2D eigenvalue weighted by Crippen LogP contribution is 2.31. The third-order valence-corrected chi connectivity index (χ3v) is 4.72. The van der Waals surface area contributed by atoms with Crippen molar-refractivity contribution in [1.29, 1.82) is 0 Å². The maximum Gasteiger partial charge on any atom is 0.293 e. The lowest BCUT2D eigenvalue weighted by atomic mass is 9.88. The van der Waals surface area contributed by atoms with Crippen LogP contribution in [0.5, 0.6) is 0 Å². The molecule has 0 bridgehead atoms. The van der Waals surface area contributed by atoms with E-state index >= 15 is 0 Å². The molecule has 9 heteroatoms. The Kier molecular flexibility index (Phi) is 3.45. The van der Waals surface area contributed by atoms with E-state index < -0.39 is 5.54 Å². The largest absolute Gasteiger partial charge is 0.349 e. The minimum Gasteiger partial charge on any atom is -0.349 e. The van der Waals surface area contributed by atoms with E-state index in [2.05, 4.69) is 20.4 Å². The van der Waals surface area contributed by atoms with Crippen LogP contribution < -0.4 is 5.32 Å². The van der Waals surface area contributed by atoms with Gasteiger partial charge in [0.2, 0.25) is 17.4 Å². The van der Waals surface area contributed by atoms with E-state index in [0.717, 1.165) is 0 Å². The Balaban J connectivity index is 1.52. The molecule has 0 aliphatic carbocycles. The average molecular weight is 342 g/mol. The van der Waals surface area contributed by atoms with Crippen LogP contribution in [0.3, 0.4) is 0 Å². The van der Waals surface area contributed by atoms with Gasteiger partial charge in [-0.2, -0.15) is 0 Å². The second kappa shape index (κ2) is 5.54. The van der Waals surface area contributed by atoms with E-state index in [1.807, 2.05) is 14.1 Å². The van der Waals surface area contributed by atoms with Gasteiger partial charge in [0, 0.05) is 33.4 Å². The minimum atomic E-state index is -0.776. The number of nitrogens with one attached hydrogen (secondary N) is 1. The Morgan fingerprint density at radius 2 is 2.12 bits per heavy atom. The summed E-state index contributed by atoms with van der Waals surface area (Å²) < 4.78 is 5.20. The summed E-state index contributed by atoms with van der Waals surface area (Å²) in [5.41, 5.74) is -0.365. The van der Waals surface area contributed by atoms with E-state index in [0.29, 0.717) is 42.9 Å². The predicted molar refractivity (Wildman–Crippen MR) is 88.9 cm³/mol. The highest BCUT2D eigenvalue weighted by atomic mass is 16.5. The van der Waals surface area contributed by atoms with E-state index in [1.165, 1.54) is 0 Å². The predicted octanol–water partition coefficient (Wildman–Crippen LogP) is 0.245. The first-order valence-electron chi connectivity index (χ1n) is 8.08. The Morgan fingerprint density at radius 3 is 2.80 bits per heavy atom. The zero-order chi connectivity index (χ0) is 17.6. The van der Waals surface area contributed by atoms with Crippen LogP contribution in [0, 0.1) is 0 Å². The van der Waals surface area contributed by atoms with Crippen LogP contribution in [0.1, 0.15) is 23.4 Å². The standard InChI is InChI=1S/C16H18N6O3/c1-21(2)15-18-14(24)16(19-15)5-8-22(9-6-16)13(23)11-10-4-3-7-17-12(10)20-25-11/h3-4,7H,5-6,8-9H2,1-2H3,(H,18,19,24). The van der Waals surface area contributed by atoms with Crippen molar-refractivity contribution in [3.05, 3.63) is 24.1 Å². The van der Waals surface area contributed by atoms with Crippen LogP contribution in [0.15, 0.2) is 27.8 Å². The molecule has 2 aliphatic heterocycles. The van der Waals surface area contributed by atoms with E-state index in [9.17, 15) is 9.59 Å². The lowest BCUT2D eigenvalue weighted by Gasteiger charge is -2.34. The fourth-order valence-electron chi connectivity index (χ4n) is 3.21. The maximum atomic E-state index is 12.8. The van der Waals surface area contributed by atoms with Crippen molar-refractivity contribution in [2.45, 2.75) is 18.4 Å². The van der Waals surface area contributed by atoms with Gasteiger partial charge in [-0.3, -0.25) is 14.9 Å². The normalized spacial score (nSPS) is 19.2. The lowest BCUT2D eigenvalue weighted by molar-refractivity contribution is -0.125. The summed E-state index contributed by atoms with van der Waals surface area (Å²) >= 11 is 0. The average Bonchev–Trinajstić information content (AvgIpc) is 3.17. The van der Waals surface area contributed by atoms with Crippen LogP contribution in [-0.4, -0.2) is 70.4 Å². The molecule has 9 nitrogen and oxygen atoms in total. The fraction of sp³-hybridized carbons (Fsp3) is 0.438. The van der Waals surface area contributed by atoms with Crippen molar-refractivity contribution >= 4 is 28.8 Å². The number of hydrogen-bond acceptors (Lipinski definition) is 7. The zero-order valence-electron chi connectivity index (χ0n) is 14.0. The minimum absolute atomic E-state index is 0.0994. The number of aromatic nitrogens is 2. The molecule has 1 fully saturated rings. The molecule has 130 valence electrons. The molecular weight excluding hydrogens is 324 g/mol. The molecular formula is C16H18N6O3. The van der Waals surface area contributed by atoms with Gasteiger partial charge in [0.25, 0.3) is 11.8 Å². The molecule has 0 saturated carbocycles. The number of pyridine rings is 1. The van der Waals surface area contributed by atoms with Crippen molar-refractivity contribution in [2.24, 2.45) is 4.99 Å². The topological polar surface area (TPSA) is 104 Å². The fourth-order valence-corrected chi connectivity index (χ4v) is 3.21. The molecule has 4 rings (SSSR count). The number of carbonyl (C=O) groups is 2. The second-order valence-electron chi connectivity index (χ2n) is 6.49.